The average Bonchev–Trinajstić information content (AvgIpc) is 3.38. The number of carbonyl (C=O) groups is 2. The number of ether oxygens (including phenoxy) is 2. The third-order valence-electron chi connectivity index (χ3n) is 5.09. The van der Waals surface area contributed by atoms with E-state index in [2.05, 4.69) is 15.7 Å². The zero-order valence-electron chi connectivity index (χ0n) is 15.9. The van der Waals surface area contributed by atoms with Crippen LogP contribution in [0.4, 0.5) is 11.5 Å². The fraction of sp³-hybridized carbons (Fsp3) is 0.190. The number of aromatic nitrogens is 2. The molecule has 1 atom stereocenters. The van der Waals surface area contributed by atoms with E-state index >= 15 is 0 Å². The van der Waals surface area contributed by atoms with Gasteiger partial charge in [-0.2, -0.15) is 5.10 Å². The minimum atomic E-state index is -0.728. The molecule has 1 unspecified atom stereocenters. The summed E-state index contributed by atoms with van der Waals surface area (Å²) >= 11 is 5.98. The molecule has 2 aromatic carbocycles. The Morgan fingerprint density at radius 3 is 2.80 bits per heavy atom. The van der Waals surface area contributed by atoms with E-state index in [0.29, 0.717) is 28.0 Å². The lowest BCUT2D eigenvalue weighted by Gasteiger charge is -2.10. The second kappa shape index (κ2) is 7.07. The highest BCUT2D eigenvalue weighted by Gasteiger charge is 2.36. The molecule has 3 heterocycles. The number of nitrogens with one attached hydrogen (secondary N) is 2. The summed E-state index contributed by atoms with van der Waals surface area (Å²) in [6.07, 6.45) is -0.0472. The third-order valence-corrected chi connectivity index (χ3v) is 5.34. The molecule has 0 saturated carbocycles. The molecule has 9 heteroatoms. The van der Waals surface area contributed by atoms with Crippen LogP contribution in [0.2, 0.25) is 5.02 Å². The summed E-state index contributed by atoms with van der Waals surface area (Å²) in [6.45, 7) is 2.03. The van der Waals surface area contributed by atoms with Crippen LogP contribution in [-0.4, -0.2) is 28.4 Å². The number of fused-ring (bicyclic) bond motifs is 2. The molecule has 0 bridgehead atoms. The highest BCUT2D eigenvalue weighted by Crippen LogP contribution is 2.39. The zero-order valence-corrected chi connectivity index (χ0v) is 16.7. The molecule has 0 fully saturated rings. The number of hydrogen-bond acceptors (Lipinski definition) is 5. The van der Waals surface area contributed by atoms with E-state index in [9.17, 15) is 9.59 Å². The number of anilines is 2. The molecular formula is C21H17ClN4O4. The van der Waals surface area contributed by atoms with E-state index < -0.39 is 6.04 Å². The standard InChI is InChI=1S/C21H17ClN4O4/c1-11-19(12-2-4-13(22)5-3-12)20-24-21(28)15(26(20)25-11)9-18(27)23-14-6-7-16-17(8-14)30-10-29-16/h2-8,15H,9-10H2,1H3,(H,23,27)(H,24,28). The normalized spacial score (nSPS) is 16.3. The predicted octanol–water partition coefficient (Wildman–Crippen LogP) is 3.76. The average molecular weight is 425 g/mol. The Bertz CT molecular complexity index is 1170. The van der Waals surface area contributed by atoms with Crippen molar-refractivity contribution in [3.05, 3.63) is 53.2 Å². The maximum Gasteiger partial charge on any atom is 0.251 e. The summed E-state index contributed by atoms with van der Waals surface area (Å²) in [5.74, 6) is 1.22. The van der Waals surface area contributed by atoms with Gasteiger partial charge >= 0.3 is 0 Å². The Morgan fingerprint density at radius 1 is 1.23 bits per heavy atom. The minimum absolute atomic E-state index is 0.0472. The third kappa shape index (κ3) is 3.15. The minimum Gasteiger partial charge on any atom is -0.454 e. The first kappa shape index (κ1) is 18.5. The Kier molecular flexibility index (Phi) is 4.36. The molecule has 152 valence electrons. The van der Waals surface area contributed by atoms with Crippen LogP contribution in [0.1, 0.15) is 18.2 Å². The summed E-state index contributed by atoms with van der Waals surface area (Å²) in [6, 6.07) is 11.7. The topological polar surface area (TPSA) is 94.5 Å². The molecule has 2 aliphatic rings. The molecule has 2 aliphatic heterocycles. The van der Waals surface area contributed by atoms with E-state index in [1.54, 1.807) is 35.0 Å². The molecule has 0 radical (unpaired) electrons. The predicted molar refractivity (Wildman–Crippen MR) is 111 cm³/mol. The van der Waals surface area contributed by atoms with E-state index in [1.165, 1.54) is 0 Å². The number of nitrogens with zero attached hydrogens (tertiary/aromatic N) is 2. The first-order valence-electron chi connectivity index (χ1n) is 9.35. The molecule has 2 amide bonds. The quantitative estimate of drug-likeness (QED) is 0.665. The van der Waals surface area contributed by atoms with Crippen LogP contribution in [0.15, 0.2) is 42.5 Å². The lowest BCUT2D eigenvalue weighted by atomic mass is 10.1. The van der Waals surface area contributed by atoms with Gasteiger partial charge in [0.15, 0.2) is 11.5 Å². The van der Waals surface area contributed by atoms with Crippen molar-refractivity contribution in [1.29, 1.82) is 0 Å². The highest BCUT2D eigenvalue weighted by atomic mass is 35.5. The van der Waals surface area contributed by atoms with Crippen molar-refractivity contribution in [3.8, 4) is 22.6 Å². The molecule has 5 rings (SSSR count). The second-order valence-electron chi connectivity index (χ2n) is 7.09. The summed E-state index contributed by atoms with van der Waals surface area (Å²) < 4.78 is 12.2. The maximum atomic E-state index is 12.6. The van der Waals surface area contributed by atoms with Gasteiger partial charge in [0.1, 0.15) is 11.9 Å². The van der Waals surface area contributed by atoms with Crippen LogP contribution in [0.3, 0.4) is 0 Å². The lowest BCUT2D eigenvalue weighted by Crippen LogP contribution is -2.23. The van der Waals surface area contributed by atoms with Crippen LogP contribution >= 0.6 is 11.6 Å². The van der Waals surface area contributed by atoms with Crippen molar-refractivity contribution in [2.45, 2.75) is 19.4 Å². The summed E-state index contributed by atoms with van der Waals surface area (Å²) in [7, 11) is 0. The van der Waals surface area contributed by atoms with Crippen molar-refractivity contribution in [2.75, 3.05) is 17.4 Å². The van der Waals surface area contributed by atoms with Gasteiger partial charge in [-0.25, -0.2) is 4.68 Å². The van der Waals surface area contributed by atoms with Gasteiger partial charge in [-0.1, -0.05) is 23.7 Å². The molecule has 0 spiro atoms. The molecule has 3 aromatic rings. The molecule has 8 nitrogen and oxygen atoms in total. The van der Waals surface area contributed by atoms with Gasteiger partial charge in [-0.15, -0.1) is 0 Å². The van der Waals surface area contributed by atoms with Gasteiger partial charge in [-0.05, 0) is 36.8 Å². The van der Waals surface area contributed by atoms with E-state index in [4.69, 9.17) is 21.1 Å². The van der Waals surface area contributed by atoms with E-state index in [1.807, 2.05) is 19.1 Å². The van der Waals surface area contributed by atoms with Crippen LogP contribution in [-0.2, 0) is 9.59 Å². The monoisotopic (exact) mass is 424 g/mol. The largest absolute Gasteiger partial charge is 0.454 e. The molecule has 0 aliphatic carbocycles. The van der Waals surface area contributed by atoms with Crippen molar-refractivity contribution >= 4 is 34.9 Å². The lowest BCUT2D eigenvalue weighted by molar-refractivity contribution is -0.123. The first-order chi connectivity index (χ1) is 14.5. The van der Waals surface area contributed by atoms with Gasteiger partial charge in [-0.3, -0.25) is 9.59 Å². The molecule has 30 heavy (non-hydrogen) atoms. The van der Waals surface area contributed by atoms with E-state index in [0.717, 1.165) is 16.8 Å². The van der Waals surface area contributed by atoms with Crippen molar-refractivity contribution in [2.24, 2.45) is 0 Å². The van der Waals surface area contributed by atoms with Crippen LogP contribution in [0.5, 0.6) is 11.5 Å². The number of carbonyl (C=O) groups excluding carboxylic acids is 2. The molecule has 1 aromatic heterocycles. The number of benzene rings is 2. The first-order valence-corrected chi connectivity index (χ1v) is 9.73. The van der Waals surface area contributed by atoms with Gasteiger partial charge in [0, 0.05) is 22.3 Å². The van der Waals surface area contributed by atoms with Gasteiger partial charge in [0.05, 0.1) is 12.1 Å². The van der Waals surface area contributed by atoms with Gasteiger partial charge < -0.3 is 20.1 Å². The number of aryl methyl sites for hydroxylation is 1. The molecule has 0 saturated heterocycles. The SMILES string of the molecule is Cc1nn2c(c1-c1ccc(Cl)cc1)NC(=O)C2CC(=O)Nc1ccc2c(c1)OCO2. The van der Waals surface area contributed by atoms with E-state index in [-0.39, 0.29) is 25.0 Å². The number of hydrogen-bond donors (Lipinski definition) is 2. The van der Waals surface area contributed by atoms with Crippen molar-refractivity contribution in [3.63, 3.8) is 0 Å². The van der Waals surface area contributed by atoms with Crippen LogP contribution in [0.25, 0.3) is 11.1 Å². The maximum absolute atomic E-state index is 12.6. The summed E-state index contributed by atoms with van der Waals surface area (Å²) in [5.41, 5.74) is 3.04. The number of amides is 2. The Balaban J connectivity index is 1.37. The Labute approximate surface area is 176 Å². The fourth-order valence-corrected chi connectivity index (χ4v) is 3.83. The van der Waals surface area contributed by atoms with Crippen molar-refractivity contribution in [1.82, 2.24) is 9.78 Å². The summed E-state index contributed by atoms with van der Waals surface area (Å²) in [4.78, 5) is 25.2. The van der Waals surface area contributed by atoms with Gasteiger partial charge in [0.2, 0.25) is 12.7 Å². The Hall–Kier alpha value is -3.52. The number of rotatable bonds is 4. The van der Waals surface area contributed by atoms with Crippen LogP contribution < -0.4 is 20.1 Å². The second-order valence-corrected chi connectivity index (χ2v) is 7.52. The Morgan fingerprint density at radius 2 is 2.00 bits per heavy atom. The molecular weight excluding hydrogens is 408 g/mol. The van der Waals surface area contributed by atoms with Gasteiger partial charge in [0.25, 0.3) is 5.91 Å². The number of halogens is 1. The molecule has 2 N–H and O–H groups in total. The summed E-state index contributed by atoms with van der Waals surface area (Å²) in [5, 5.41) is 10.8. The smallest absolute Gasteiger partial charge is 0.251 e. The highest BCUT2D eigenvalue weighted by molar-refractivity contribution is 6.30. The fourth-order valence-electron chi connectivity index (χ4n) is 3.71. The zero-order chi connectivity index (χ0) is 20.8. The van der Waals surface area contributed by atoms with Crippen molar-refractivity contribution < 1.29 is 19.1 Å². The van der Waals surface area contributed by atoms with Crippen LogP contribution in [0, 0.1) is 6.92 Å².